The summed E-state index contributed by atoms with van der Waals surface area (Å²) in [7, 11) is 0. The van der Waals surface area contributed by atoms with Gasteiger partial charge in [0.15, 0.2) is 0 Å². The fraction of sp³-hybridized carbons (Fsp3) is 0.200. The summed E-state index contributed by atoms with van der Waals surface area (Å²) < 4.78 is 1.40. The van der Waals surface area contributed by atoms with Crippen molar-refractivity contribution < 1.29 is 5.11 Å². The molecule has 0 fully saturated rings. The number of nitrogens with one attached hydrogen (secondary N) is 1. The third-order valence-corrected chi connectivity index (χ3v) is 2.33. The zero-order valence-corrected chi connectivity index (χ0v) is 8.48. The maximum absolute atomic E-state index is 11.4. The number of H-pyrrole nitrogens is 1. The van der Waals surface area contributed by atoms with Crippen LogP contribution >= 0.6 is 0 Å². The Hall–Kier alpha value is -2.04. The van der Waals surface area contributed by atoms with Gasteiger partial charge in [0.1, 0.15) is 12.1 Å². The fourth-order valence-corrected chi connectivity index (χ4v) is 1.46. The normalized spacial score (nSPS) is 10.5. The average molecular weight is 205 g/mol. The Bertz CT molecular complexity index is 554. The van der Waals surface area contributed by atoms with E-state index in [9.17, 15) is 9.90 Å². The number of phenols is 1. The predicted octanol–water partition coefficient (Wildman–Crippen LogP) is 0.883. The van der Waals surface area contributed by atoms with Gasteiger partial charge in [0, 0.05) is 0 Å². The lowest BCUT2D eigenvalue weighted by molar-refractivity contribution is 0.470. The molecule has 0 amide bonds. The number of rotatable bonds is 1. The number of benzene rings is 1. The van der Waals surface area contributed by atoms with Crippen LogP contribution in [0.5, 0.6) is 5.75 Å². The minimum Gasteiger partial charge on any atom is -0.508 e. The number of aromatic nitrogens is 3. The molecular weight excluding hydrogens is 194 g/mol. The molecule has 2 N–H and O–H groups in total. The van der Waals surface area contributed by atoms with Crippen LogP contribution in [0.2, 0.25) is 0 Å². The van der Waals surface area contributed by atoms with Gasteiger partial charge in [-0.3, -0.25) is 0 Å². The van der Waals surface area contributed by atoms with Gasteiger partial charge in [0.25, 0.3) is 0 Å². The zero-order chi connectivity index (χ0) is 11.0. The summed E-state index contributed by atoms with van der Waals surface area (Å²) >= 11 is 0. The van der Waals surface area contributed by atoms with Crippen molar-refractivity contribution in [3.05, 3.63) is 40.1 Å². The summed E-state index contributed by atoms with van der Waals surface area (Å²) in [5.41, 5.74) is 1.98. The van der Waals surface area contributed by atoms with Gasteiger partial charge in [0.05, 0.1) is 5.69 Å². The monoisotopic (exact) mass is 205 g/mol. The molecule has 0 atom stereocenters. The number of aromatic hydroxyl groups is 1. The Morgan fingerprint density at radius 1 is 1.33 bits per heavy atom. The topological polar surface area (TPSA) is 70.9 Å². The van der Waals surface area contributed by atoms with Crippen LogP contribution in [-0.4, -0.2) is 19.9 Å². The van der Waals surface area contributed by atoms with E-state index >= 15 is 0 Å². The van der Waals surface area contributed by atoms with Crippen LogP contribution < -0.4 is 5.69 Å². The summed E-state index contributed by atoms with van der Waals surface area (Å²) in [6.45, 7) is 3.61. The summed E-state index contributed by atoms with van der Waals surface area (Å²) in [6, 6.07) is 3.38. The highest BCUT2D eigenvalue weighted by molar-refractivity contribution is 5.48. The molecule has 1 heterocycles. The highest BCUT2D eigenvalue weighted by Gasteiger charge is 2.07. The summed E-state index contributed by atoms with van der Waals surface area (Å²) in [5.74, 6) is 0.229. The van der Waals surface area contributed by atoms with E-state index in [4.69, 9.17) is 0 Å². The van der Waals surface area contributed by atoms with E-state index in [0.717, 1.165) is 16.8 Å². The van der Waals surface area contributed by atoms with E-state index < -0.39 is 0 Å². The Kier molecular flexibility index (Phi) is 2.07. The number of aromatic amines is 1. The first kappa shape index (κ1) is 9.51. The van der Waals surface area contributed by atoms with Crippen molar-refractivity contribution in [1.82, 2.24) is 14.8 Å². The smallest absolute Gasteiger partial charge is 0.347 e. The Morgan fingerprint density at radius 2 is 2.07 bits per heavy atom. The number of aryl methyl sites for hydroxylation is 2. The molecule has 15 heavy (non-hydrogen) atoms. The molecule has 5 nitrogen and oxygen atoms in total. The molecule has 0 saturated heterocycles. The van der Waals surface area contributed by atoms with Crippen LogP contribution in [0.15, 0.2) is 23.3 Å². The quantitative estimate of drug-likeness (QED) is 0.726. The molecule has 0 radical (unpaired) electrons. The van der Waals surface area contributed by atoms with Crippen molar-refractivity contribution in [1.29, 1.82) is 0 Å². The SMILES string of the molecule is Cc1cc(-n2cn[nH]c2=O)c(C)cc1O. The van der Waals surface area contributed by atoms with E-state index in [-0.39, 0.29) is 11.4 Å². The molecule has 1 aromatic carbocycles. The first-order valence-corrected chi connectivity index (χ1v) is 4.52. The van der Waals surface area contributed by atoms with E-state index in [1.165, 1.54) is 10.9 Å². The highest BCUT2D eigenvalue weighted by Crippen LogP contribution is 2.22. The van der Waals surface area contributed by atoms with Gasteiger partial charge in [-0.05, 0) is 37.1 Å². The third kappa shape index (κ3) is 1.52. The molecule has 0 spiro atoms. The fourth-order valence-electron chi connectivity index (χ4n) is 1.46. The molecule has 0 aliphatic heterocycles. The summed E-state index contributed by atoms with van der Waals surface area (Å²) in [4.78, 5) is 11.4. The maximum atomic E-state index is 11.4. The van der Waals surface area contributed by atoms with Gasteiger partial charge in [-0.2, -0.15) is 5.10 Å². The zero-order valence-electron chi connectivity index (χ0n) is 8.48. The standard InChI is InChI=1S/C10H11N3O2/c1-6-4-9(14)7(2)3-8(6)13-5-11-12-10(13)15/h3-5,14H,1-2H3,(H,12,15). The lowest BCUT2D eigenvalue weighted by atomic mass is 10.1. The average Bonchev–Trinajstić information content (AvgIpc) is 2.58. The first-order valence-electron chi connectivity index (χ1n) is 4.52. The van der Waals surface area contributed by atoms with Gasteiger partial charge in [-0.1, -0.05) is 0 Å². The molecule has 78 valence electrons. The van der Waals surface area contributed by atoms with Gasteiger partial charge in [-0.25, -0.2) is 14.5 Å². The van der Waals surface area contributed by atoms with E-state index in [1.807, 2.05) is 6.92 Å². The van der Waals surface area contributed by atoms with Crippen molar-refractivity contribution in [2.45, 2.75) is 13.8 Å². The molecule has 0 bridgehead atoms. The van der Waals surface area contributed by atoms with Crippen molar-refractivity contribution in [3.8, 4) is 11.4 Å². The largest absolute Gasteiger partial charge is 0.508 e. The molecular formula is C10H11N3O2. The van der Waals surface area contributed by atoms with E-state index in [1.54, 1.807) is 19.1 Å². The Morgan fingerprint density at radius 3 is 2.67 bits per heavy atom. The van der Waals surface area contributed by atoms with Crippen molar-refractivity contribution in [2.24, 2.45) is 0 Å². The van der Waals surface area contributed by atoms with Crippen LogP contribution in [0.25, 0.3) is 5.69 Å². The maximum Gasteiger partial charge on any atom is 0.347 e. The minimum absolute atomic E-state index is 0.229. The lowest BCUT2D eigenvalue weighted by Gasteiger charge is -2.07. The molecule has 2 aromatic rings. The molecule has 5 heteroatoms. The lowest BCUT2D eigenvalue weighted by Crippen LogP contribution is -2.15. The molecule has 0 aliphatic rings. The van der Waals surface area contributed by atoms with Gasteiger partial charge in [0.2, 0.25) is 0 Å². The Labute approximate surface area is 86.0 Å². The Balaban J connectivity index is 2.69. The number of nitrogens with zero attached hydrogens (tertiary/aromatic N) is 2. The van der Waals surface area contributed by atoms with E-state index in [2.05, 4.69) is 10.2 Å². The van der Waals surface area contributed by atoms with Crippen molar-refractivity contribution in [3.63, 3.8) is 0 Å². The molecule has 1 aromatic heterocycles. The number of phenolic OH excluding ortho intramolecular Hbond substituents is 1. The van der Waals surface area contributed by atoms with Crippen molar-refractivity contribution >= 4 is 0 Å². The second-order valence-electron chi connectivity index (χ2n) is 3.46. The van der Waals surface area contributed by atoms with Gasteiger partial charge in [-0.15, -0.1) is 0 Å². The predicted molar refractivity (Wildman–Crippen MR) is 55.3 cm³/mol. The molecule has 0 saturated carbocycles. The second kappa shape index (κ2) is 3.27. The third-order valence-electron chi connectivity index (χ3n) is 2.33. The molecule has 0 aliphatic carbocycles. The minimum atomic E-state index is -0.289. The summed E-state index contributed by atoms with van der Waals surface area (Å²) in [5, 5.41) is 15.5. The van der Waals surface area contributed by atoms with Crippen LogP contribution in [0.1, 0.15) is 11.1 Å². The van der Waals surface area contributed by atoms with Crippen molar-refractivity contribution in [2.75, 3.05) is 0 Å². The highest BCUT2D eigenvalue weighted by atomic mass is 16.3. The van der Waals surface area contributed by atoms with Crippen LogP contribution in [0, 0.1) is 13.8 Å². The summed E-state index contributed by atoms with van der Waals surface area (Å²) in [6.07, 6.45) is 1.42. The first-order chi connectivity index (χ1) is 7.09. The molecule has 0 unspecified atom stereocenters. The number of hydrogen-bond acceptors (Lipinski definition) is 3. The second-order valence-corrected chi connectivity index (χ2v) is 3.46. The van der Waals surface area contributed by atoms with E-state index in [0.29, 0.717) is 0 Å². The number of hydrogen-bond donors (Lipinski definition) is 2. The van der Waals surface area contributed by atoms with Gasteiger partial charge >= 0.3 is 5.69 Å². The molecule has 2 rings (SSSR count). The van der Waals surface area contributed by atoms with Crippen LogP contribution in [-0.2, 0) is 0 Å². The van der Waals surface area contributed by atoms with Crippen LogP contribution in [0.4, 0.5) is 0 Å². The van der Waals surface area contributed by atoms with Gasteiger partial charge < -0.3 is 5.11 Å². The van der Waals surface area contributed by atoms with Crippen LogP contribution in [0.3, 0.4) is 0 Å².